The zero-order valence-electron chi connectivity index (χ0n) is 20.6. The first kappa shape index (κ1) is 24.5. The fraction of sp³-hybridized carbons (Fsp3) is 0.926. The van der Waals surface area contributed by atoms with Crippen LogP contribution in [0.1, 0.15) is 85.5 Å². The lowest BCUT2D eigenvalue weighted by Crippen LogP contribution is -2.56. The molecule has 0 saturated heterocycles. The molecule has 1 heterocycles. The van der Waals surface area contributed by atoms with E-state index in [9.17, 15) is 20.4 Å². The number of hydrogen-bond acceptors (Lipinski definition) is 5. The SMILES string of the molecule is CC(C)CCCC(C)C1CCC2C3=C(OCCC21C)C1(CO)CC(O)C(O)CC1C(O)C3. The number of aliphatic hydroxyl groups is 4. The molecule has 2 fully saturated rings. The molecule has 0 aromatic heterocycles. The van der Waals surface area contributed by atoms with Gasteiger partial charge in [-0.05, 0) is 73.2 Å². The van der Waals surface area contributed by atoms with Crippen molar-refractivity contribution in [1.29, 1.82) is 0 Å². The van der Waals surface area contributed by atoms with Crippen LogP contribution in [0.3, 0.4) is 0 Å². The summed E-state index contributed by atoms with van der Waals surface area (Å²) < 4.78 is 6.46. The Balaban J connectivity index is 1.64. The monoisotopic (exact) mass is 450 g/mol. The highest BCUT2D eigenvalue weighted by molar-refractivity contribution is 5.32. The minimum atomic E-state index is -0.895. The van der Waals surface area contributed by atoms with Crippen LogP contribution < -0.4 is 0 Å². The molecule has 4 rings (SSSR count). The first-order valence-corrected chi connectivity index (χ1v) is 13.2. The van der Waals surface area contributed by atoms with Gasteiger partial charge in [-0.25, -0.2) is 0 Å². The Bertz CT molecular complexity index is 704. The van der Waals surface area contributed by atoms with E-state index in [2.05, 4.69) is 27.7 Å². The maximum Gasteiger partial charge on any atom is 0.104 e. The maximum atomic E-state index is 11.2. The third-order valence-corrected chi connectivity index (χ3v) is 9.99. The second kappa shape index (κ2) is 9.20. The minimum absolute atomic E-state index is 0.143. The van der Waals surface area contributed by atoms with Gasteiger partial charge in [-0.1, -0.05) is 47.0 Å². The second-order valence-corrected chi connectivity index (χ2v) is 12.3. The van der Waals surface area contributed by atoms with Gasteiger partial charge in [-0.3, -0.25) is 0 Å². The summed E-state index contributed by atoms with van der Waals surface area (Å²) >= 11 is 0. The van der Waals surface area contributed by atoms with E-state index in [0.717, 1.165) is 24.5 Å². The Morgan fingerprint density at radius 1 is 1.03 bits per heavy atom. The van der Waals surface area contributed by atoms with Gasteiger partial charge in [-0.15, -0.1) is 0 Å². The van der Waals surface area contributed by atoms with Crippen LogP contribution in [-0.4, -0.2) is 52.0 Å². The van der Waals surface area contributed by atoms with Gasteiger partial charge in [0, 0.05) is 5.92 Å². The van der Waals surface area contributed by atoms with Crippen LogP contribution in [0.5, 0.6) is 0 Å². The van der Waals surface area contributed by atoms with Crippen LogP contribution in [0, 0.1) is 40.4 Å². The summed E-state index contributed by atoms with van der Waals surface area (Å²) in [6.07, 6.45) is 5.94. The predicted molar refractivity (Wildman–Crippen MR) is 125 cm³/mol. The van der Waals surface area contributed by atoms with Gasteiger partial charge in [0.2, 0.25) is 0 Å². The quantitative estimate of drug-likeness (QED) is 0.491. The van der Waals surface area contributed by atoms with E-state index < -0.39 is 23.7 Å². The fourth-order valence-electron chi connectivity index (χ4n) is 8.21. The normalized spacial score (nSPS) is 45.0. The number of aliphatic hydroxyl groups excluding tert-OH is 4. The van der Waals surface area contributed by atoms with E-state index in [4.69, 9.17) is 4.74 Å². The van der Waals surface area contributed by atoms with Gasteiger partial charge in [-0.2, -0.15) is 0 Å². The van der Waals surface area contributed by atoms with Crippen LogP contribution in [0.4, 0.5) is 0 Å². The molecule has 1 aliphatic heterocycles. The van der Waals surface area contributed by atoms with E-state index in [1.54, 1.807) is 0 Å². The molecule has 2 saturated carbocycles. The van der Waals surface area contributed by atoms with E-state index in [0.29, 0.717) is 37.2 Å². The van der Waals surface area contributed by atoms with Crippen molar-refractivity contribution in [1.82, 2.24) is 0 Å². The molecule has 0 radical (unpaired) electrons. The Hall–Kier alpha value is -0.620. The lowest BCUT2D eigenvalue weighted by atomic mass is 9.55. The van der Waals surface area contributed by atoms with Crippen molar-refractivity contribution in [2.45, 2.75) is 104 Å². The number of fused-ring (bicyclic) bond motifs is 4. The third kappa shape index (κ3) is 3.95. The molecule has 0 spiro atoms. The van der Waals surface area contributed by atoms with Gasteiger partial charge in [0.1, 0.15) is 5.76 Å². The average Bonchev–Trinajstić information content (AvgIpc) is 3.00. The molecule has 4 aliphatic rings. The van der Waals surface area contributed by atoms with Crippen LogP contribution in [0.15, 0.2) is 11.3 Å². The molecule has 32 heavy (non-hydrogen) atoms. The fourth-order valence-corrected chi connectivity index (χ4v) is 8.21. The van der Waals surface area contributed by atoms with Gasteiger partial charge >= 0.3 is 0 Å². The molecule has 0 aromatic carbocycles. The van der Waals surface area contributed by atoms with Gasteiger partial charge in [0.15, 0.2) is 0 Å². The van der Waals surface area contributed by atoms with E-state index in [-0.39, 0.29) is 24.4 Å². The van der Waals surface area contributed by atoms with E-state index >= 15 is 0 Å². The van der Waals surface area contributed by atoms with E-state index in [1.165, 1.54) is 31.3 Å². The van der Waals surface area contributed by atoms with Crippen molar-refractivity contribution in [3.05, 3.63) is 11.3 Å². The molecule has 0 aromatic rings. The summed E-state index contributed by atoms with van der Waals surface area (Å²) in [4.78, 5) is 0. The lowest BCUT2D eigenvalue weighted by Gasteiger charge is -2.53. The molecule has 3 aliphatic carbocycles. The van der Waals surface area contributed by atoms with Crippen LogP contribution in [-0.2, 0) is 4.74 Å². The Morgan fingerprint density at radius 2 is 1.78 bits per heavy atom. The van der Waals surface area contributed by atoms with E-state index in [1.807, 2.05) is 0 Å². The Labute approximate surface area is 194 Å². The van der Waals surface area contributed by atoms with Crippen molar-refractivity contribution < 1.29 is 25.2 Å². The molecular formula is C27H46O5. The Morgan fingerprint density at radius 3 is 2.47 bits per heavy atom. The smallest absolute Gasteiger partial charge is 0.104 e. The van der Waals surface area contributed by atoms with Crippen LogP contribution >= 0.6 is 0 Å². The molecule has 5 nitrogen and oxygen atoms in total. The first-order valence-electron chi connectivity index (χ1n) is 13.2. The summed E-state index contributed by atoms with van der Waals surface area (Å²) in [7, 11) is 0. The van der Waals surface area contributed by atoms with Crippen molar-refractivity contribution in [2.75, 3.05) is 13.2 Å². The van der Waals surface area contributed by atoms with Crippen LogP contribution in [0.2, 0.25) is 0 Å². The largest absolute Gasteiger partial charge is 0.497 e. The highest BCUT2D eigenvalue weighted by atomic mass is 16.5. The highest BCUT2D eigenvalue weighted by Gasteiger charge is 2.60. The van der Waals surface area contributed by atoms with Crippen molar-refractivity contribution in [3.63, 3.8) is 0 Å². The Kier molecular flexibility index (Phi) is 7.05. The zero-order valence-corrected chi connectivity index (χ0v) is 20.6. The molecule has 184 valence electrons. The van der Waals surface area contributed by atoms with Crippen molar-refractivity contribution in [3.8, 4) is 0 Å². The summed E-state index contributed by atoms with van der Waals surface area (Å²) in [5.41, 5.74) is 0.561. The second-order valence-electron chi connectivity index (χ2n) is 12.3. The number of hydrogen-bond donors (Lipinski definition) is 4. The molecule has 4 N–H and O–H groups in total. The minimum Gasteiger partial charge on any atom is -0.497 e. The standard InChI is InChI=1S/C27H46O5/c1-16(2)6-5-7-17(3)19-8-9-20-18-12-22(29)21-13-23(30)24(31)14-27(21,15-28)25(18)32-11-10-26(19,20)4/h16-17,19-24,28-31H,5-15H2,1-4H3. The molecular weight excluding hydrogens is 404 g/mol. The summed E-state index contributed by atoms with van der Waals surface area (Å²) in [5.74, 6) is 3.01. The summed E-state index contributed by atoms with van der Waals surface area (Å²) in [6, 6.07) is 0. The number of rotatable bonds is 6. The van der Waals surface area contributed by atoms with Crippen molar-refractivity contribution >= 4 is 0 Å². The van der Waals surface area contributed by atoms with Crippen molar-refractivity contribution in [2.24, 2.45) is 40.4 Å². The lowest BCUT2D eigenvalue weighted by molar-refractivity contribution is -0.140. The number of ether oxygens (including phenoxy) is 1. The predicted octanol–water partition coefficient (Wildman–Crippen LogP) is 4.03. The van der Waals surface area contributed by atoms with Gasteiger partial charge < -0.3 is 25.2 Å². The molecule has 5 heteroatoms. The first-order chi connectivity index (χ1) is 15.1. The molecule has 9 unspecified atom stereocenters. The van der Waals surface area contributed by atoms with Gasteiger partial charge in [0.05, 0.1) is 36.9 Å². The average molecular weight is 451 g/mol. The third-order valence-electron chi connectivity index (χ3n) is 9.99. The zero-order chi connectivity index (χ0) is 23.3. The summed E-state index contributed by atoms with van der Waals surface area (Å²) in [5, 5.41) is 42.6. The summed E-state index contributed by atoms with van der Waals surface area (Å²) in [6.45, 7) is 9.94. The topological polar surface area (TPSA) is 90.2 Å². The van der Waals surface area contributed by atoms with Gasteiger partial charge in [0.25, 0.3) is 0 Å². The molecule has 9 atom stereocenters. The molecule has 0 amide bonds. The van der Waals surface area contributed by atoms with Crippen LogP contribution in [0.25, 0.3) is 0 Å². The highest BCUT2D eigenvalue weighted by Crippen LogP contribution is 2.63. The molecule has 0 bridgehead atoms. The maximum absolute atomic E-state index is 11.2.